The smallest absolute Gasteiger partial charge is 0.152 e. The van der Waals surface area contributed by atoms with E-state index >= 15 is 0 Å². The van der Waals surface area contributed by atoms with E-state index in [2.05, 4.69) is 0 Å². The van der Waals surface area contributed by atoms with E-state index in [4.69, 9.17) is 11.6 Å². The van der Waals surface area contributed by atoms with Crippen LogP contribution < -0.4 is 0 Å². The molecular formula is C16H11ClF2OS. The fourth-order valence-electron chi connectivity index (χ4n) is 1.83. The summed E-state index contributed by atoms with van der Waals surface area (Å²) in [5.74, 6) is -1.50. The second-order valence-corrected chi connectivity index (χ2v) is 5.46. The molecule has 0 unspecified atom stereocenters. The quantitative estimate of drug-likeness (QED) is 0.341. The summed E-state index contributed by atoms with van der Waals surface area (Å²) >= 11 is 7.69. The lowest BCUT2D eigenvalue weighted by atomic mass is 10.0. The Kier molecular flexibility index (Phi) is 5.15. The highest BCUT2D eigenvalue weighted by Crippen LogP contribution is 2.31. The number of benzene rings is 2. The van der Waals surface area contributed by atoms with Gasteiger partial charge >= 0.3 is 0 Å². The molecule has 0 aliphatic carbocycles. The number of carbonyl (C=O) groups excluding carboxylic acids is 1. The molecular weight excluding hydrogens is 314 g/mol. The molecule has 1 nitrogen and oxygen atoms in total. The molecule has 0 aliphatic heterocycles. The predicted octanol–water partition coefficient (Wildman–Crippen LogP) is 4.99. The van der Waals surface area contributed by atoms with E-state index in [0.29, 0.717) is 11.8 Å². The Morgan fingerprint density at radius 3 is 2.33 bits per heavy atom. The van der Waals surface area contributed by atoms with E-state index in [1.807, 2.05) is 18.4 Å². The van der Waals surface area contributed by atoms with Gasteiger partial charge in [0, 0.05) is 22.1 Å². The van der Waals surface area contributed by atoms with Crippen LogP contribution in [0, 0.1) is 11.6 Å². The van der Waals surface area contributed by atoms with Gasteiger partial charge in [-0.3, -0.25) is 4.79 Å². The van der Waals surface area contributed by atoms with Crippen molar-refractivity contribution in [1.29, 1.82) is 0 Å². The van der Waals surface area contributed by atoms with Crippen LogP contribution in [-0.2, 0) is 4.79 Å². The summed E-state index contributed by atoms with van der Waals surface area (Å²) in [5.41, 5.74) is 0.737. The zero-order valence-electron chi connectivity index (χ0n) is 11.1. The number of allylic oxidation sites excluding steroid dienone is 1. The summed E-state index contributed by atoms with van der Waals surface area (Å²) in [5, 5.41) is -0.0422. The van der Waals surface area contributed by atoms with Crippen LogP contribution in [0.4, 0.5) is 8.78 Å². The normalized spacial score (nSPS) is 12.0. The first-order chi connectivity index (χ1) is 10.1. The van der Waals surface area contributed by atoms with Gasteiger partial charge in [0.2, 0.25) is 0 Å². The summed E-state index contributed by atoms with van der Waals surface area (Å²) in [4.78, 5) is 12.3. The van der Waals surface area contributed by atoms with E-state index in [1.165, 1.54) is 6.07 Å². The Hall–Kier alpha value is -1.65. The lowest BCUT2D eigenvalue weighted by Crippen LogP contribution is -1.93. The number of hydrogen-bond acceptors (Lipinski definition) is 2. The Balaban J connectivity index is 2.52. The van der Waals surface area contributed by atoms with Crippen molar-refractivity contribution in [2.24, 2.45) is 0 Å². The molecule has 0 saturated carbocycles. The van der Waals surface area contributed by atoms with E-state index in [0.717, 1.165) is 17.0 Å². The molecule has 2 aromatic carbocycles. The molecule has 0 bridgehead atoms. The average molecular weight is 325 g/mol. The Morgan fingerprint density at radius 1 is 1.14 bits per heavy atom. The van der Waals surface area contributed by atoms with Crippen LogP contribution in [0.1, 0.15) is 11.1 Å². The number of carbonyl (C=O) groups is 1. The van der Waals surface area contributed by atoms with Gasteiger partial charge < -0.3 is 0 Å². The lowest BCUT2D eigenvalue weighted by Gasteiger charge is -2.07. The minimum Gasteiger partial charge on any atom is -0.298 e. The first kappa shape index (κ1) is 15.7. The maximum Gasteiger partial charge on any atom is 0.152 e. The predicted molar refractivity (Wildman–Crippen MR) is 83.3 cm³/mol. The van der Waals surface area contributed by atoms with Crippen molar-refractivity contribution < 1.29 is 13.6 Å². The van der Waals surface area contributed by atoms with Crippen molar-refractivity contribution in [2.45, 2.75) is 4.90 Å². The van der Waals surface area contributed by atoms with Gasteiger partial charge in [0.1, 0.15) is 11.6 Å². The summed E-state index contributed by atoms with van der Waals surface area (Å²) in [6.07, 6.45) is 2.51. The van der Waals surface area contributed by atoms with E-state index in [1.54, 1.807) is 23.9 Å². The van der Waals surface area contributed by atoms with Crippen LogP contribution in [0.15, 0.2) is 47.4 Å². The molecule has 0 aromatic heterocycles. The number of halogens is 3. The third-order valence-corrected chi connectivity index (χ3v) is 4.07. The summed E-state index contributed by atoms with van der Waals surface area (Å²) in [6, 6.07) is 10.2. The van der Waals surface area contributed by atoms with E-state index < -0.39 is 11.6 Å². The zero-order chi connectivity index (χ0) is 15.4. The van der Waals surface area contributed by atoms with Crippen molar-refractivity contribution in [3.8, 4) is 0 Å². The molecule has 21 heavy (non-hydrogen) atoms. The molecule has 0 fully saturated rings. The SMILES string of the molecule is CSc1ccc(C(C=O)=C(Cl)c2ccc(F)cc2F)cc1. The molecule has 0 radical (unpaired) electrons. The van der Waals surface area contributed by atoms with Crippen molar-refractivity contribution >= 4 is 40.3 Å². The molecule has 0 atom stereocenters. The standard InChI is InChI=1S/C16H11ClF2OS/c1-21-12-5-2-10(3-6-12)14(9-20)16(17)13-7-4-11(18)8-15(13)19/h2-9H,1H3. The summed E-state index contributed by atoms with van der Waals surface area (Å²) < 4.78 is 26.7. The van der Waals surface area contributed by atoms with E-state index in [9.17, 15) is 13.6 Å². The Bertz CT molecular complexity index is 696. The molecule has 0 amide bonds. The highest BCUT2D eigenvalue weighted by atomic mass is 35.5. The zero-order valence-corrected chi connectivity index (χ0v) is 12.6. The maximum absolute atomic E-state index is 13.8. The minimum atomic E-state index is -0.805. The van der Waals surface area contributed by atoms with Crippen LogP contribution in [0.3, 0.4) is 0 Å². The first-order valence-corrected chi connectivity index (χ1v) is 7.62. The Labute approximate surface area is 130 Å². The first-order valence-electron chi connectivity index (χ1n) is 6.01. The summed E-state index contributed by atoms with van der Waals surface area (Å²) in [6.45, 7) is 0. The molecule has 2 rings (SSSR count). The second kappa shape index (κ2) is 6.87. The molecule has 0 spiro atoms. The highest BCUT2D eigenvalue weighted by Gasteiger charge is 2.13. The third-order valence-electron chi connectivity index (χ3n) is 2.92. The van der Waals surface area contributed by atoms with Crippen molar-refractivity contribution in [3.05, 3.63) is 65.2 Å². The maximum atomic E-state index is 13.8. The molecule has 0 aliphatic rings. The van der Waals surface area contributed by atoms with Crippen molar-refractivity contribution in [1.82, 2.24) is 0 Å². The minimum absolute atomic E-state index is 0.00545. The van der Waals surface area contributed by atoms with Gasteiger partial charge in [0.15, 0.2) is 6.29 Å². The fourth-order valence-corrected chi connectivity index (χ4v) is 2.54. The van der Waals surface area contributed by atoms with Crippen LogP contribution in [0.2, 0.25) is 0 Å². The molecule has 0 heterocycles. The number of rotatable bonds is 4. The molecule has 5 heteroatoms. The van der Waals surface area contributed by atoms with Crippen LogP contribution in [0.25, 0.3) is 10.6 Å². The van der Waals surface area contributed by atoms with Gasteiger partial charge in [-0.25, -0.2) is 8.78 Å². The highest BCUT2D eigenvalue weighted by molar-refractivity contribution is 7.98. The monoisotopic (exact) mass is 324 g/mol. The fraction of sp³-hybridized carbons (Fsp3) is 0.0625. The van der Waals surface area contributed by atoms with Crippen molar-refractivity contribution in [3.63, 3.8) is 0 Å². The topological polar surface area (TPSA) is 17.1 Å². The number of hydrogen-bond donors (Lipinski definition) is 0. The van der Waals surface area contributed by atoms with E-state index in [-0.39, 0.29) is 16.2 Å². The van der Waals surface area contributed by atoms with Gasteiger partial charge in [0.05, 0.1) is 5.03 Å². The summed E-state index contributed by atoms with van der Waals surface area (Å²) in [7, 11) is 0. The molecule has 108 valence electrons. The third kappa shape index (κ3) is 3.52. The van der Waals surface area contributed by atoms with Gasteiger partial charge in [-0.1, -0.05) is 23.7 Å². The molecule has 2 aromatic rings. The second-order valence-electron chi connectivity index (χ2n) is 4.20. The number of thioether (sulfide) groups is 1. The molecule has 0 N–H and O–H groups in total. The number of aldehydes is 1. The van der Waals surface area contributed by atoms with Gasteiger partial charge in [-0.15, -0.1) is 11.8 Å². The van der Waals surface area contributed by atoms with Crippen LogP contribution in [-0.4, -0.2) is 12.5 Å². The largest absolute Gasteiger partial charge is 0.298 e. The van der Waals surface area contributed by atoms with Gasteiger partial charge in [-0.05, 0) is 36.1 Å². The van der Waals surface area contributed by atoms with Gasteiger partial charge in [-0.2, -0.15) is 0 Å². The van der Waals surface area contributed by atoms with Gasteiger partial charge in [0.25, 0.3) is 0 Å². The Morgan fingerprint density at radius 2 is 1.81 bits per heavy atom. The average Bonchev–Trinajstić information content (AvgIpc) is 2.48. The van der Waals surface area contributed by atoms with Crippen LogP contribution >= 0.6 is 23.4 Å². The molecule has 0 saturated heterocycles. The lowest BCUT2D eigenvalue weighted by molar-refractivity contribution is -0.103. The van der Waals surface area contributed by atoms with Crippen molar-refractivity contribution in [2.75, 3.05) is 6.26 Å². The van der Waals surface area contributed by atoms with Crippen LogP contribution in [0.5, 0.6) is 0 Å².